The van der Waals surface area contributed by atoms with Gasteiger partial charge in [-0.2, -0.15) is 0 Å². The highest BCUT2D eigenvalue weighted by Gasteiger charge is 2.08. The topological polar surface area (TPSA) is 9.23 Å². The molecule has 0 saturated heterocycles. The summed E-state index contributed by atoms with van der Waals surface area (Å²) >= 11 is 0. The molecule has 0 aromatic heterocycles. The second-order valence-corrected chi connectivity index (χ2v) is 4.84. The van der Waals surface area contributed by atoms with E-state index in [0.717, 1.165) is 6.61 Å². The highest BCUT2D eigenvalue weighted by molar-refractivity contribution is 6.51. The van der Waals surface area contributed by atoms with E-state index in [4.69, 9.17) is 4.43 Å². The summed E-state index contributed by atoms with van der Waals surface area (Å²) in [6.07, 6.45) is 2.57. The molecule has 0 bridgehead atoms. The SMILES string of the molecule is CCC[Si](CCC)OCC. The van der Waals surface area contributed by atoms with Crippen molar-refractivity contribution in [3.8, 4) is 0 Å². The molecule has 1 nitrogen and oxygen atoms in total. The van der Waals surface area contributed by atoms with Crippen molar-refractivity contribution in [2.75, 3.05) is 6.61 Å². The van der Waals surface area contributed by atoms with Gasteiger partial charge in [-0.1, -0.05) is 26.7 Å². The van der Waals surface area contributed by atoms with Crippen molar-refractivity contribution in [2.45, 2.75) is 45.7 Å². The third-order valence-corrected chi connectivity index (χ3v) is 4.22. The molecule has 0 rings (SSSR count). The van der Waals surface area contributed by atoms with Crippen LogP contribution in [0.5, 0.6) is 0 Å². The maximum atomic E-state index is 5.62. The van der Waals surface area contributed by atoms with E-state index in [0.29, 0.717) is 0 Å². The van der Waals surface area contributed by atoms with Gasteiger partial charge in [0, 0.05) is 6.61 Å². The average molecular weight is 159 g/mol. The summed E-state index contributed by atoms with van der Waals surface area (Å²) in [6, 6.07) is 2.65. The quantitative estimate of drug-likeness (QED) is 0.542. The lowest BCUT2D eigenvalue weighted by Crippen LogP contribution is -2.16. The molecule has 61 valence electrons. The van der Waals surface area contributed by atoms with E-state index in [1.54, 1.807) is 0 Å². The van der Waals surface area contributed by atoms with Crippen LogP contribution in [-0.4, -0.2) is 15.6 Å². The first-order valence-corrected chi connectivity index (χ1v) is 6.14. The van der Waals surface area contributed by atoms with Crippen LogP contribution in [0.1, 0.15) is 33.6 Å². The third kappa shape index (κ3) is 5.00. The van der Waals surface area contributed by atoms with E-state index in [1.807, 2.05) is 0 Å². The van der Waals surface area contributed by atoms with Crippen molar-refractivity contribution < 1.29 is 4.43 Å². The van der Waals surface area contributed by atoms with Crippen LogP contribution in [0.15, 0.2) is 0 Å². The Labute approximate surface area is 66.5 Å². The van der Waals surface area contributed by atoms with E-state index in [-0.39, 0.29) is 0 Å². The van der Waals surface area contributed by atoms with E-state index < -0.39 is 9.04 Å². The fourth-order valence-corrected chi connectivity index (χ4v) is 3.09. The molecule has 0 fully saturated rings. The molecule has 0 aliphatic carbocycles. The van der Waals surface area contributed by atoms with Gasteiger partial charge in [0.25, 0.3) is 0 Å². The molecular weight excluding hydrogens is 140 g/mol. The van der Waals surface area contributed by atoms with E-state index in [9.17, 15) is 0 Å². The van der Waals surface area contributed by atoms with Gasteiger partial charge in [-0.25, -0.2) is 0 Å². The van der Waals surface area contributed by atoms with Gasteiger partial charge in [-0.05, 0) is 19.0 Å². The summed E-state index contributed by atoms with van der Waals surface area (Å²) < 4.78 is 5.62. The summed E-state index contributed by atoms with van der Waals surface area (Å²) in [7, 11) is -0.397. The molecule has 0 saturated carbocycles. The van der Waals surface area contributed by atoms with Crippen LogP contribution < -0.4 is 0 Å². The summed E-state index contributed by atoms with van der Waals surface area (Å²) in [5.41, 5.74) is 0. The van der Waals surface area contributed by atoms with Gasteiger partial charge in [0.15, 0.2) is 0 Å². The summed E-state index contributed by atoms with van der Waals surface area (Å²) in [5, 5.41) is 0. The first kappa shape index (κ1) is 10.2. The van der Waals surface area contributed by atoms with Gasteiger partial charge >= 0.3 is 0 Å². The Bertz CT molecular complexity index is 52.0. The minimum atomic E-state index is -0.397. The highest BCUT2D eigenvalue weighted by atomic mass is 28.3. The van der Waals surface area contributed by atoms with Crippen LogP contribution in [0.3, 0.4) is 0 Å². The lowest BCUT2D eigenvalue weighted by Gasteiger charge is -2.11. The van der Waals surface area contributed by atoms with E-state index in [2.05, 4.69) is 20.8 Å². The Kier molecular flexibility index (Phi) is 7.41. The van der Waals surface area contributed by atoms with Crippen molar-refractivity contribution in [1.82, 2.24) is 0 Å². The molecule has 0 aromatic rings. The molecule has 10 heavy (non-hydrogen) atoms. The molecule has 0 atom stereocenters. The van der Waals surface area contributed by atoms with Gasteiger partial charge in [0.1, 0.15) is 0 Å². The zero-order valence-electron chi connectivity index (χ0n) is 7.44. The van der Waals surface area contributed by atoms with Gasteiger partial charge in [-0.3, -0.25) is 0 Å². The predicted molar refractivity (Wildman–Crippen MR) is 47.6 cm³/mol. The minimum absolute atomic E-state index is 0.397. The fraction of sp³-hybridized carbons (Fsp3) is 1.00. The number of hydrogen-bond donors (Lipinski definition) is 0. The molecule has 1 radical (unpaired) electrons. The Balaban J connectivity index is 3.30. The van der Waals surface area contributed by atoms with Gasteiger partial charge in [-0.15, -0.1) is 0 Å². The fourth-order valence-electron chi connectivity index (χ4n) is 1.03. The Morgan fingerprint density at radius 1 is 1.00 bits per heavy atom. The molecule has 0 amide bonds. The number of hydrogen-bond acceptors (Lipinski definition) is 1. The summed E-state index contributed by atoms with van der Waals surface area (Å²) in [5.74, 6) is 0. The lowest BCUT2D eigenvalue weighted by atomic mass is 10.6. The highest BCUT2D eigenvalue weighted by Crippen LogP contribution is 2.06. The molecule has 0 aromatic carbocycles. The van der Waals surface area contributed by atoms with Crippen LogP contribution in [0.4, 0.5) is 0 Å². The zero-order valence-corrected chi connectivity index (χ0v) is 8.44. The summed E-state index contributed by atoms with van der Waals surface area (Å²) in [6.45, 7) is 7.48. The van der Waals surface area contributed by atoms with Crippen LogP contribution in [-0.2, 0) is 4.43 Å². The normalized spacial score (nSPS) is 10.8. The monoisotopic (exact) mass is 159 g/mol. The third-order valence-electron chi connectivity index (χ3n) is 1.41. The van der Waals surface area contributed by atoms with Crippen LogP contribution in [0, 0.1) is 0 Å². The average Bonchev–Trinajstić information content (AvgIpc) is 1.90. The second-order valence-electron chi connectivity index (χ2n) is 2.47. The standard InChI is InChI=1S/C8H19OSi/c1-4-7-10(8-5-2)9-6-3/h4-8H2,1-3H3. The second kappa shape index (κ2) is 7.29. The predicted octanol–water partition coefficient (Wildman–Crippen LogP) is 2.83. The van der Waals surface area contributed by atoms with Crippen LogP contribution >= 0.6 is 0 Å². The minimum Gasteiger partial charge on any atom is -0.417 e. The van der Waals surface area contributed by atoms with E-state index >= 15 is 0 Å². The van der Waals surface area contributed by atoms with E-state index in [1.165, 1.54) is 24.9 Å². The Morgan fingerprint density at radius 3 is 1.80 bits per heavy atom. The largest absolute Gasteiger partial charge is 0.417 e. The van der Waals surface area contributed by atoms with Crippen molar-refractivity contribution in [3.63, 3.8) is 0 Å². The molecule has 0 aliphatic heterocycles. The molecule has 0 N–H and O–H groups in total. The van der Waals surface area contributed by atoms with Crippen molar-refractivity contribution in [1.29, 1.82) is 0 Å². The molecule has 0 heterocycles. The zero-order chi connectivity index (χ0) is 7.82. The van der Waals surface area contributed by atoms with Crippen LogP contribution in [0.2, 0.25) is 12.1 Å². The Hall–Kier alpha value is 0.177. The first-order valence-electron chi connectivity index (χ1n) is 4.32. The maximum Gasteiger partial charge on any atom is 0.211 e. The van der Waals surface area contributed by atoms with Crippen molar-refractivity contribution in [3.05, 3.63) is 0 Å². The molecule has 2 heteroatoms. The molecule has 0 spiro atoms. The van der Waals surface area contributed by atoms with Gasteiger partial charge < -0.3 is 4.43 Å². The van der Waals surface area contributed by atoms with Crippen molar-refractivity contribution in [2.24, 2.45) is 0 Å². The molecule has 0 unspecified atom stereocenters. The van der Waals surface area contributed by atoms with Gasteiger partial charge in [0.2, 0.25) is 9.04 Å². The lowest BCUT2D eigenvalue weighted by molar-refractivity contribution is 0.340. The molecular formula is C8H19OSi. The van der Waals surface area contributed by atoms with Crippen LogP contribution in [0.25, 0.3) is 0 Å². The summed E-state index contributed by atoms with van der Waals surface area (Å²) in [4.78, 5) is 0. The van der Waals surface area contributed by atoms with Crippen molar-refractivity contribution >= 4 is 9.04 Å². The first-order chi connectivity index (χ1) is 4.85. The smallest absolute Gasteiger partial charge is 0.211 e. The molecule has 0 aliphatic rings. The number of rotatable bonds is 6. The Morgan fingerprint density at radius 2 is 1.50 bits per heavy atom. The maximum absolute atomic E-state index is 5.62. The van der Waals surface area contributed by atoms with Gasteiger partial charge in [0.05, 0.1) is 0 Å².